The highest BCUT2D eigenvalue weighted by Gasteiger charge is 2.21. The highest BCUT2D eigenvalue weighted by molar-refractivity contribution is 6.07. The van der Waals surface area contributed by atoms with Crippen molar-refractivity contribution in [3.8, 4) is 33.4 Å². The van der Waals surface area contributed by atoms with Crippen LogP contribution >= 0.6 is 0 Å². The van der Waals surface area contributed by atoms with E-state index in [2.05, 4.69) is 181 Å². The first-order valence-corrected chi connectivity index (χ1v) is 16.4. The van der Waals surface area contributed by atoms with Crippen LogP contribution in [0.5, 0.6) is 0 Å². The Labute approximate surface area is 279 Å². The van der Waals surface area contributed by atoms with Crippen molar-refractivity contribution in [1.29, 1.82) is 0 Å². The molecule has 0 unspecified atom stereocenters. The first kappa shape index (κ1) is 27.9. The van der Waals surface area contributed by atoms with Crippen LogP contribution in [-0.4, -0.2) is 0 Å². The molecule has 0 fully saturated rings. The average molecular weight is 614 g/mol. The van der Waals surface area contributed by atoms with Crippen LogP contribution in [0.1, 0.15) is 0 Å². The minimum atomic E-state index is 0.882. The molecule has 0 amide bonds. The third kappa shape index (κ3) is 4.83. The Balaban J connectivity index is 1.27. The van der Waals surface area contributed by atoms with E-state index in [1.807, 2.05) is 12.1 Å². The second-order valence-corrected chi connectivity index (χ2v) is 12.1. The van der Waals surface area contributed by atoms with Gasteiger partial charge in [0.25, 0.3) is 0 Å². The third-order valence-corrected chi connectivity index (χ3v) is 9.27. The summed E-state index contributed by atoms with van der Waals surface area (Å²) in [5.74, 6) is 0. The lowest BCUT2D eigenvalue weighted by molar-refractivity contribution is 0.669. The summed E-state index contributed by atoms with van der Waals surface area (Å²) in [5.41, 5.74) is 12.1. The van der Waals surface area contributed by atoms with Crippen molar-refractivity contribution in [2.45, 2.75) is 0 Å². The van der Waals surface area contributed by atoms with Crippen LogP contribution in [0.25, 0.3) is 66.1 Å². The Morgan fingerprint density at radius 2 is 0.875 bits per heavy atom. The van der Waals surface area contributed by atoms with Crippen LogP contribution in [0.2, 0.25) is 0 Å². The quantitative estimate of drug-likeness (QED) is 0.185. The van der Waals surface area contributed by atoms with E-state index in [0.29, 0.717) is 0 Å². The smallest absolute Gasteiger partial charge is 0.135 e. The van der Waals surface area contributed by atoms with Crippen LogP contribution in [0, 0.1) is 0 Å². The highest BCUT2D eigenvalue weighted by Crippen LogP contribution is 2.46. The van der Waals surface area contributed by atoms with E-state index in [1.165, 1.54) is 27.5 Å². The summed E-state index contributed by atoms with van der Waals surface area (Å²) in [6.45, 7) is 0. The average Bonchev–Trinajstić information content (AvgIpc) is 3.54. The Hall–Kier alpha value is -6.38. The molecule has 9 rings (SSSR count). The standard InChI is InChI=1S/C46H31NO/c1-2-14-33(15-3-1)39-21-6-9-25-43(39)47(36-28-29-46-42(31-36)41-23-8-11-27-45(41)48-46)44-26-10-7-22-40(44)35-19-12-18-34(30-35)38-24-13-17-32-16-4-5-20-37(32)38/h1-31H. The molecule has 0 saturated carbocycles. The van der Waals surface area contributed by atoms with Gasteiger partial charge in [-0.25, -0.2) is 0 Å². The van der Waals surface area contributed by atoms with Crippen LogP contribution in [-0.2, 0) is 0 Å². The van der Waals surface area contributed by atoms with Gasteiger partial charge in [-0.05, 0) is 75.5 Å². The molecule has 0 bridgehead atoms. The van der Waals surface area contributed by atoms with Crippen molar-refractivity contribution in [1.82, 2.24) is 0 Å². The van der Waals surface area contributed by atoms with Gasteiger partial charge >= 0.3 is 0 Å². The molecule has 0 radical (unpaired) electrons. The summed E-state index contributed by atoms with van der Waals surface area (Å²) < 4.78 is 6.25. The zero-order chi connectivity index (χ0) is 31.9. The van der Waals surface area contributed by atoms with Gasteiger partial charge in [0.1, 0.15) is 11.2 Å². The van der Waals surface area contributed by atoms with Crippen LogP contribution in [0.4, 0.5) is 17.1 Å². The Morgan fingerprint density at radius 3 is 1.69 bits per heavy atom. The molecule has 2 nitrogen and oxygen atoms in total. The van der Waals surface area contributed by atoms with Gasteiger partial charge in [0.05, 0.1) is 11.4 Å². The predicted octanol–water partition coefficient (Wildman–Crippen LogP) is 13.2. The summed E-state index contributed by atoms with van der Waals surface area (Å²) in [4.78, 5) is 2.41. The van der Waals surface area contributed by atoms with E-state index in [4.69, 9.17) is 4.42 Å². The normalized spacial score (nSPS) is 11.3. The first-order valence-electron chi connectivity index (χ1n) is 16.4. The summed E-state index contributed by atoms with van der Waals surface area (Å²) in [6, 6.07) is 67.0. The van der Waals surface area contributed by atoms with Gasteiger partial charge in [-0.15, -0.1) is 0 Å². The van der Waals surface area contributed by atoms with E-state index in [9.17, 15) is 0 Å². The summed E-state index contributed by atoms with van der Waals surface area (Å²) in [6.07, 6.45) is 0. The van der Waals surface area contributed by atoms with Gasteiger partial charge in [-0.1, -0.05) is 146 Å². The first-order chi connectivity index (χ1) is 23.8. The SMILES string of the molecule is c1ccc(-c2ccccc2N(c2ccc3oc4ccccc4c3c2)c2ccccc2-c2cccc(-c3cccc4ccccc34)c2)cc1. The minimum absolute atomic E-state index is 0.882. The molecule has 0 saturated heterocycles. The fourth-order valence-electron chi connectivity index (χ4n) is 7.04. The molecule has 0 aliphatic carbocycles. The molecule has 226 valence electrons. The Bertz CT molecular complexity index is 2570. The zero-order valence-corrected chi connectivity index (χ0v) is 26.3. The number of rotatable bonds is 6. The number of hydrogen-bond donors (Lipinski definition) is 0. The molecule has 0 spiro atoms. The molecule has 48 heavy (non-hydrogen) atoms. The van der Waals surface area contributed by atoms with E-state index in [-0.39, 0.29) is 0 Å². The lowest BCUT2D eigenvalue weighted by atomic mass is 9.94. The van der Waals surface area contributed by atoms with Crippen LogP contribution < -0.4 is 4.90 Å². The number of anilines is 3. The Kier molecular flexibility index (Phi) is 6.84. The molecule has 0 N–H and O–H groups in total. The van der Waals surface area contributed by atoms with Crippen molar-refractivity contribution < 1.29 is 4.42 Å². The number of furan rings is 1. The molecule has 1 heterocycles. The monoisotopic (exact) mass is 613 g/mol. The summed E-state index contributed by atoms with van der Waals surface area (Å²) in [5, 5.41) is 4.71. The molecular formula is C46H31NO. The number of benzene rings is 8. The maximum Gasteiger partial charge on any atom is 0.135 e. The topological polar surface area (TPSA) is 16.4 Å². The fraction of sp³-hybridized carbons (Fsp3) is 0. The number of para-hydroxylation sites is 3. The Morgan fingerprint density at radius 1 is 0.333 bits per heavy atom. The molecule has 9 aromatic rings. The van der Waals surface area contributed by atoms with Crippen molar-refractivity contribution in [2.75, 3.05) is 4.90 Å². The number of hydrogen-bond acceptors (Lipinski definition) is 2. The number of nitrogens with zero attached hydrogens (tertiary/aromatic N) is 1. The van der Waals surface area contributed by atoms with Gasteiger partial charge in [-0.3, -0.25) is 0 Å². The minimum Gasteiger partial charge on any atom is -0.456 e. The predicted molar refractivity (Wildman–Crippen MR) is 202 cm³/mol. The van der Waals surface area contributed by atoms with Gasteiger partial charge in [-0.2, -0.15) is 0 Å². The van der Waals surface area contributed by atoms with Crippen molar-refractivity contribution >= 4 is 49.8 Å². The molecular weight excluding hydrogens is 583 g/mol. The second kappa shape index (κ2) is 11.8. The van der Waals surface area contributed by atoms with E-state index in [1.54, 1.807) is 0 Å². The van der Waals surface area contributed by atoms with Crippen LogP contribution in [0.3, 0.4) is 0 Å². The summed E-state index contributed by atoms with van der Waals surface area (Å²) >= 11 is 0. The van der Waals surface area contributed by atoms with Gasteiger partial charge < -0.3 is 9.32 Å². The number of fused-ring (bicyclic) bond motifs is 4. The van der Waals surface area contributed by atoms with Crippen molar-refractivity contribution in [3.05, 3.63) is 188 Å². The fourth-order valence-corrected chi connectivity index (χ4v) is 7.04. The summed E-state index contributed by atoms with van der Waals surface area (Å²) in [7, 11) is 0. The van der Waals surface area contributed by atoms with Gasteiger partial charge in [0, 0.05) is 27.6 Å². The lowest BCUT2D eigenvalue weighted by Gasteiger charge is -2.30. The molecule has 0 aliphatic heterocycles. The van der Waals surface area contributed by atoms with Gasteiger partial charge in [0.15, 0.2) is 0 Å². The van der Waals surface area contributed by atoms with E-state index < -0.39 is 0 Å². The maximum atomic E-state index is 6.25. The van der Waals surface area contributed by atoms with Crippen molar-refractivity contribution in [3.63, 3.8) is 0 Å². The van der Waals surface area contributed by atoms with Gasteiger partial charge in [0.2, 0.25) is 0 Å². The third-order valence-electron chi connectivity index (χ3n) is 9.27. The van der Waals surface area contributed by atoms with E-state index >= 15 is 0 Å². The molecule has 8 aromatic carbocycles. The molecule has 2 heteroatoms. The molecule has 1 aromatic heterocycles. The second-order valence-electron chi connectivity index (χ2n) is 12.1. The van der Waals surface area contributed by atoms with Crippen molar-refractivity contribution in [2.24, 2.45) is 0 Å². The molecule has 0 atom stereocenters. The lowest BCUT2D eigenvalue weighted by Crippen LogP contribution is -2.12. The van der Waals surface area contributed by atoms with Crippen LogP contribution in [0.15, 0.2) is 192 Å². The highest BCUT2D eigenvalue weighted by atomic mass is 16.3. The zero-order valence-electron chi connectivity index (χ0n) is 26.3. The van der Waals surface area contributed by atoms with E-state index in [0.717, 1.165) is 55.7 Å². The molecule has 0 aliphatic rings. The largest absolute Gasteiger partial charge is 0.456 e. The maximum absolute atomic E-state index is 6.25.